The predicted molar refractivity (Wildman–Crippen MR) is 59.8 cm³/mol. The van der Waals surface area contributed by atoms with E-state index >= 15 is 0 Å². The fraction of sp³-hybridized carbons (Fsp3) is 0.273. The highest BCUT2D eigenvalue weighted by Gasteiger charge is 2.15. The van der Waals surface area contributed by atoms with E-state index in [0.29, 0.717) is 28.2 Å². The molecular formula is C11H13N3O3. The molecule has 0 saturated heterocycles. The average molecular weight is 235 g/mol. The smallest absolute Gasteiger partial charge is 0.223 e. The van der Waals surface area contributed by atoms with E-state index in [1.165, 1.54) is 0 Å². The molecule has 0 unspecified atom stereocenters. The monoisotopic (exact) mass is 235 g/mol. The van der Waals surface area contributed by atoms with Gasteiger partial charge in [0.15, 0.2) is 11.6 Å². The Labute approximate surface area is 98.3 Å². The van der Waals surface area contributed by atoms with Crippen molar-refractivity contribution in [3.05, 3.63) is 35.3 Å². The molecule has 1 N–H and O–H groups in total. The molecule has 2 aromatic heterocycles. The summed E-state index contributed by atoms with van der Waals surface area (Å²) >= 11 is 0. The van der Waals surface area contributed by atoms with E-state index in [-0.39, 0.29) is 0 Å². The molecule has 17 heavy (non-hydrogen) atoms. The van der Waals surface area contributed by atoms with Crippen LogP contribution in [0.2, 0.25) is 0 Å². The first-order chi connectivity index (χ1) is 8.08. The first-order valence-corrected chi connectivity index (χ1v) is 5.11. The van der Waals surface area contributed by atoms with Crippen LogP contribution in [0.1, 0.15) is 17.1 Å². The Bertz CT molecular complexity index is 505. The molecule has 2 rings (SSSR count). The minimum absolute atomic E-state index is 0.296. The molecule has 6 heteroatoms. The van der Waals surface area contributed by atoms with Gasteiger partial charge in [0.25, 0.3) is 0 Å². The molecule has 0 fully saturated rings. The van der Waals surface area contributed by atoms with Crippen LogP contribution < -0.4 is 10.1 Å². The van der Waals surface area contributed by atoms with Crippen molar-refractivity contribution in [3.63, 3.8) is 0 Å². The molecule has 2 aromatic rings. The number of anilines is 1. The van der Waals surface area contributed by atoms with E-state index in [4.69, 9.17) is 9.36 Å². The molecule has 0 aliphatic carbocycles. The lowest BCUT2D eigenvalue weighted by molar-refractivity contribution is 0.0466. The summed E-state index contributed by atoms with van der Waals surface area (Å²) in [5, 5.41) is 14.1. The maximum Gasteiger partial charge on any atom is 0.223 e. The Morgan fingerprint density at radius 3 is 2.65 bits per heavy atom. The van der Waals surface area contributed by atoms with Crippen LogP contribution in [0, 0.1) is 20.8 Å². The molecule has 0 amide bonds. The summed E-state index contributed by atoms with van der Waals surface area (Å²) in [5.74, 6) is 1.18. The van der Waals surface area contributed by atoms with Crippen molar-refractivity contribution >= 4 is 5.82 Å². The van der Waals surface area contributed by atoms with Crippen LogP contribution in [0.5, 0.6) is 5.75 Å². The molecule has 0 atom stereocenters. The van der Waals surface area contributed by atoms with Gasteiger partial charge in [-0.1, -0.05) is 16.4 Å². The second-order valence-electron chi connectivity index (χ2n) is 3.65. The van der Waals surface area contributed by atoms with Gasteiger partial charge in [0.05, 0.1) is 0 Å². The van der Waals surface area contributed by atoms with E-state index in [9.17, 15) is 5.21 Å². The third-order valence-electron chi connectivity index (χ3n) is 2.22. The topological polar surface area (TPSA) is 71.6 Å². The van der Waals surface area contributed by atoms with Crippen LogP contribution in [0.3, 0.4) is 0 Å². The molecular weight excluding hydrogens is 222 g/mol. The molecule has 0 spiro atoms. The van der Waals surface area contributed by atoms with Crippen molar-refractivity contribution in [1.82, 2.24) is 10.1 Å². The van der Waals surface area contributed by atoms with Gasteiger partial charge >= 0.3 is 0 Å². The van der Waals surface area contributed by atoms with Crippen LogP contribution in [-0.2, 0) is 0 Å². The molecule has 0 radical (unpaired) electrons. The number of rotatable bonds is 3. The Balaban J connectivity index is 2.20. The average Bonchev–Trinajstić information content (AvgIpc) is 2.61. The van der Waals surface area contributed by atoms with Crippen molar-refractivity contribution in [2.45, 2.75) is 20.8 Å². The fourth-order valence-corrected chi connectivity index (χ4v) is 1.37. The summed E-state index contributed by atoms with van der Waals surface area (Å²) < 4.78 is 4.92. The fourth-order valence-electron chi connectivity index (χ4n) is 1.37. The standard InChI is InChI=1S/C11H13N3O3/c1-7-5-4-6-10(12-7)14(15)17-11-8(2)13-16-9(11)3/h4-6,15H,1-3H3. The Morgan fingerprint density at radius 1 is 1.29 bits per heavy atom. The minimum Gasteiger partial charge on any atom is -0.357 e. The highest BCUT2D eigenvalue weighted by Crippen LogP contribution is 2.23. The minimum atomic E-state index is 0.296. The highest BCUT2D eigenvalue weighted by atomic mass is 16.9. The number of nitrogens with zero attached hydrogens (tertiary/aromatic N) is 3. The van der Waals surface area contributed by atoms with Gasteiger partial charge in [0, 0.05) is 12.6 Å². The molecule has 0 aliphatic heterocycles. The first-order valence-electron chi connectivity index (χ1n) is 5.11. The number of aromatic nitrogens is 2. The maximum atomic E-state index is 9.74. The van der Waals surface area contributed by atoms with Gasteiger partial charge < -0.3 is 9.36 Å². The van der Waals surface area contributed by atoms with E-state index in [2.05, 4.69) is 10.1 Å². The van der Waals surface area contributed by atoms with E-state index in [1.54, 1.807) is 26.0 Å². The van der Waals surface area contributed by atoms with Crippen molar-refractivity contribution in [1.29, 1.82) is 0 Å². The lowest BCUT2D eigenvalue weighted by Crippen LogP contribution is -2.24. The Kier molecular flexibility index (Phi) is 2.97. The Hall–Kier alpha value is -2.08. The van der Waals surface area contributed by atoms with Gasteiger partial charge in [0.1, 0.15) is 5.69 Å². The normalized spacial score (nSPS) is 10.4. The van der Waals surface area contributed by atoms with Gasteiger partial charge in [-0.25, -0.2) is 4.98 Å². The number of pyridine rings is 1. The zero-order valence-electron chi connectivity index (χ0n) is 9.84. The zero-order valence-corrected chi connectivity index (χ0v) is 9.84. The van der Waals surface area contributed by atoms with Crippen LogP contribution in [0.4, 0.5) is 5.82 Å². The van der Waals surface area contributed by atoms with Crippen molar-refractivity contribution in [2.75, 3.05) is 5.23 Å². The van der Waals surface area contributed by atoms with E-state index in [1.807, 2.05) is 13.0 Å². The quantitative estimate of drug-likeness (QED) is 0.822. The predicted octanol–water partition coefficient (Wildman–Crippen LogP) is 2.18. The van der Waals surface area contributed by atoms with Gasteiger partial charge in [-0.3, -0.25) is 5.21 Å². The summed E-state index contributed by atoms with van der Waals surface area (Å²) in [7, 11) is 0. The third kappa shape index (κ3) is 2.36. The summed E-state index contributed by atoms with van der Waals surface area (Å²) in [6, 6.07) is 5.23. The van der Waals surface area contributed by atoms with Crippen LogP contribution >= 0.6 is 0 Å². The molecule has 6 nitrogen and oxygen atoms in total. The maximum absolute atomic E-state index is 9.74. The summed E-state index contributed by atoms with van der Waals surface area (Å²) in [6.45, 7) is 5.25. The van der Waals surface area contributed by atoms with Gasteiger partial charge in [-0.15, -0.1) is 0 Å². The first kappa shape index (κ1) is 11.4. The van der Waals surface area contributed by atoms with Gasteiger partial charge in [-0.05, 0) is 26.0 Å². The molecule has 0 aliphatic rings. The summed E-state index contributed by atoms with van der Waals surface area (Å²) in [5.41, 5.74) is 1.35. The molecule has 2 heterocycles. The number of hydrogen-bond donors (Lipinski definition) is 1. The van der Waals surface area contributed by atoms with Gasteiger partial charge in [-0.2, -0.15) is 0 Å². The lowest BCUT2D eigenvalue weighted by Gasteiger charge is -2.15. The summed E-state index contributed by atoms with van der Waals surface area (Å²) in [4.78, 5) is 9.34. The summed E-state index contributed by atoms with van der Waals surface area (Å²) in [6.07, 6.45) is 0. The van der Waals surface area contributed by atoms with Gasteiger partial charge in [0.2, 0.25) is 5.75 Å². The van der Waals surface area contributed by atoms with Crippen molar-refractivity contribution < 1.29 is 14.6 Å². The van der Waals surface area contributed by atoms with Crippen LogP contribution in [0.15, 0.2) is 22.7 Å². The Morgan fingerprint density at radius 2 is 2.06 bits per heavy atom. The van der Waals surface area contributed by atoms with E-state index < -0.39 is 0 Å². The second-order valence-corrected chi connectivity index (χ2v) is 3.65. The zero-order chi connectivity index (χ0) is 12.4. The molecule has 0 aromatic carbocycles. The molecule has 0 saturated carbocycles. The SMILES string of the molecule is Cc1cccc(N(O)Oc2c(C)noc2C)n1. The van der Waals surface area contributed by atoms with Crippen molar-refractivity contribution in [2.24, 2.45) is 0 Å². The largest absolute Gasteiger partial charge is 0.357 e. The lowest BCUT2D eigenvalue weighted by atomic mass is 10.4. The second kappa shape index (κ2) is 4.42. The van der Waals surface area contributed by atoms with E-state index in [0.717, 1.165) is 5.69 Å². The van der Waals surface area contributed by atoms with Crippen LogP contribution in [0.25, 0.3) is 0 Å². The number of hydrogen-bond acceptors (Lipinski definition) is 6. The third-order valence-corrected chi connectivity index (χ3v) is 2.22. The van der Waals surface area contributed by atoms with Crippen molar-refractivity contribution in [3.8, 4) is 5.75 Å². The van der Waals surface area contributed by atoms with Crippen LogP contribution in [-0.4, -0.2) is 15.3 Å². The molecule has 0 bridgehead atoms. The molecule has 90 valence electrons. The highest BCUT2D eigenvalue weighted by molar-refractivity contribution is 5.36. The number of aryl methyl sites for hydroxylation is 3.